The molecule has 0 aromatic rings. The van der Waals surface area contributed by atoms with Crippen molar-refractivity contribution in [1.82, 2.24) is 5.32 Å². The molecule has 2 amide bonds. The summed E-state index contributed by atoms with van der Waals surface area (Å²) in [6.07, 6.45) is 2.08. The van der Waals surface area contributed by atoms with Gasteiger partial charge in [-0.1, -0.05) is 27.2 Å². The molecule has 5 nitrogen and oxygen atoms in total. The number of carbonyl (C=O) groups is 2. The van der Waals surface area contributed by atoms with Crippen LogP contribution in [0, 0.1) is 11.3 Å². The Kier molecular flexibility index (Phi) is 17.7. The van der Waals surface area contributed by atoms with E-state index < -0.39 is 23.3 Å². The minimum atomic E-state index is -1.11. The number of amides is 2. The van der Waals surface area contributed by atoms with Crippen LogP contribution in [0.2, 0.25) is 0 Å². The molecule has 1 aliphatic rings. The molecule has 9 heteroatoms. The maximum atomic E-state index is 11.9. The molecule has 0 spiro atoms. The van der Waals surface area contributed by atoms with Crippen LogP contribution in [-0.4, -0.2) is 69.9 Å². The van der Waals surface area contributed by atoms with Crippen molar-refractivity contribution in [2.24, 2.45) is 16.3 Å². The van der Waals surface area contributed by atoms with E-state index in [1.54, 1.807) is 6.92 Å². The maximum absolute atomic E-state index is 11.9. The molecule has 1 aliphatic heterocycles. The molecular formula is C11H24AlCl2N2NaO3. The first-order valence-electron chi connectivity index (χ1n) is 5.62. The quantitative estimate of drug-likeness (QED) is 0.567. The summed E-state index contributed by atoms with van der Waals surface area (Å²) in [7, 11) is 0. The van der Waals surface area contributed by atoms with E-state index in [4.69, 9.17) is 5.11 Å². The third-order valence-electron chi connectivity index (χ3n) is 3.34. The molecule has 0 aromatic heterocycles. The minimum absolute atomic E-state index is 0. The van der Waals surface area contributed by atoms with Crippen molar-refractivity contribution in [3.05, 3.63) is 0 Å². The van der Waals surface area contributed by atoms with Crippen molar-refractivity contribution >= 4 is 89.6 Å². The zero-order valence-corrected chi connectivity index (χ0v) is 12.4. The summed E-state index contributed by atoms with van der Waals surface area (Å²) in [6, 6.07) is -0.595. The first kappa shape index (κ1) is 28.8. The van der Waals surface area contributed by atoms with E-state index in [2.05, 4.69) is 10.3 Å². The Morgan fingerprint density at radius 1 is 1.30 bits per heavy atom. The zero-order chi connectivity index (χ0) is 12.3. The second-order valence-corrected chi connectivity index (χ2v) is 4.21. The number of nitrogens with zero attached hydrogens (tertiary/aromatic N) is 1. The molecule has 1 heterocycles. The van der Waals surface area contributed by atoms with Crippen LogP contribution in [0.5, 0.6) is 0 Å². The monoisotopic (exact) mass is 352 g/mol. The van der Waals surface area contributed by atoms with Gasteiger partial charge in [-0.2, -0.15) is 4.99 Å². The Labute approximate surface area is 165 Å². The molecule has 2 atom stereocenters. The van der Waals surface area contributed by atoms with Gasteiger partial charge in [-0.3, -0.25) is 14.9 Å². The Morgan fingerprint density at radius 3 is 2.15 bits per heavy atom. The third kappa shape index (κ3) is 5.49. The summed E-state index contributed by atoms with van der Waals surface area (Å²) >= 11 is 0. The second-order valence-electron chi connectivity index (χ2n) is 4.21. The number of halogens is 2. The van der Waals surface area contributed by atoms with Crippen LogP contribution >= 0.6 is 24.8 Å². The standard InChI is InChI=1S/C11H18N2O3.Al.2ClH.Na.4H/c1-4-6-7(3)11(5-2)8(14)12-10(16)13-9(11)15;;;;;;;;/h7H,4-6H2,1-3H3,(H2,12,13,14,15,16);;2*1H;;;;;. The van der Waals surface area contributed by atoms with Crippen LogP contribution in [0.3, 0.4) is 0 Å². The average Bonchev–Trinajstić information content (AvgIpc) is 2.18. The molecule has 0 radical (unpaired) electrons. The van der Waals surface area contributed by atoms with Crippen molar-refractivity contribution in [2.75, 3.05) is 0 Å². The second kappa shape index (κ2) is 12.3. The fraction of sp³-hybridized carbons (Fsp3) is 0.727. The summed E-state index contributed by atoms with van der Waals surface area (Å²) in [4.78, 5) is 27.2. The first-order chi connectivity index (χ1) is 7.48. The Bertz CT molecular complexity index is 359. The molecule has 0 bridgehead atoms. The van der Waals surface area contributed by atoms with Gasteiger partial charge in [-0.15, -0.1) is 24.8 Å². The topological polar surface area (TPSA) is 78.8 Å². The number of aliphatic hydroxyl groups excluding tert-OH is 1. The van der Waals surface area contributed by atoms with E-state index in [1.165, 1.54) is 0 Å². The van der Waals surface area contributed by atoms with E-state index in [0.29, 0.717) is 6.42 Å². The van der Waals surface area contributed by atoms with E-state index in [1.807, 2.05) is 13.8 Å². The summed E-state index contributed by atoms with van der Waals surface area (Å²) in [5.41, 5.74) is -1.11. The summed E-state index contributed by atoms with van der Waals surface area (Å²) in [6.45, 7) is 5.68. The van der Waals surface area contributed by atoms with Gasteiger partial charge in [0.05, 0.1) is 0 Å². The average molecular weight is 353 g/mol. The van der Waals surface area contributed by atoms with Crippen molar-refractivity contribution in [1.29, 1.82) is 0 Å². The Hall–Kier alpha value is 0.722. The molecule has 0 saturated carbocycles. The van der Waals surface area contributed by atoms with Gasteiger partial charge in [-0.25, -0.2) is 0 Å². The molecule has 0 aromatic carbocycles. The van der Waals surface area contributed by atoms with Crippen molar-refractivity contribution in [3.63, 3.8) is 0 Å². The summed E-state index contributed by atoms with van der Waals surface area (Å²) in [5, 5.41) is 11.3. The summed E-state index contributed by atoms with van der Waals surface area (Å²) < 4.78 is 0. The molecule has 2 N–H and O–H groups in total. The van der Waals surface area contributed by atoms with Gasteiger partial charge in [0.1, 0.15) is 5.41 Å². The molecule has 20 heavy (non-hydrogen) atoms. The number of aliphatic hydroxyl groups is 1. The number of carbonyl (C=O) groups excluding carboxylic acids is 2. The van der Waals surface area contributed by atoms with Crippen molar-refractivity contribution < 1.29 is 14.7 Å². The molecule has 2 unspecified atom stereocenters. The third-order valence-corrected chi connectivity index (χ3v) is 3.34. The molecule has 1 rings (SSSR count). The number of nitrogens with one attached hydrogen (secondary N) is 1. The van der Waals surface area contributed by atoms with Gasteiger partial charge in [0.25, 0.3) is 11.9 Å². The van der Waals surface area contributed by atoms with Gasteiger partial charge < -0.3 is 5.11 Å². The number of rotatable bonds is 4. The summed E-state index contributed by atoms with van der Waals surface area (Å²) in [5.74, 6) is -1.04. The molecule has 0 fully saturated rings. The SMILES string of the molecule is CCCC(C)C1(CC)C(=O)N=C(O)NC1=O.Cl.Cl.[AlH3].[NaH]. The zero-order valence-electron chi connectivity index (χ0n) is 10.7. The van der Waals surface area contributed by atoms with Crippen LogP contribution in [0.1, 0.15) is 40.0 Å². The van der Waals surface area contributed by atoms with Crippen LogP contribution in [0.25, 0.3) is 0 Å². The number of aliphatic imine (C=N–C) groups is 1. The van der Waals surface area contributed by atoms with Gasteiger partial charge in [0.15, 0.2) is 17.4 Å². The van der Waals surface area contributed by atoms with Gasteiger partial charge in [0, 0.05) is 0 Å². The Balaban J connectivity index is -0.000000320. The predicted molar refractivity (Wildman–Crippen MR) is 91.6 cm³/mol. The normalized spacial score (nSPS) is 21.9. The van der Waals surface area contributed by atoms with E-state index in [9.17, 15) is 9.59 Å². The van der Waals surface area contributed by atoms with Gasteiger partial charge in [-0.05, 0) is 18.8 Å². The van der Waals surface area contributed by atoms with Crippen LogP contribution < -0.4 is 5.32 Å². The van der Waals surface area contributed by atoms with Crippen LogP contribution in [0.15, 0.2) is 4.99 Å². The van der Waals surface area contributed by atoms with E-state index in [0.717, 1.165) is 12.8 Å². The van der Waals surface area contributed by atoms with Gasteiger partial charge >= 0.3 is 29.6 Å². The van der Waals surface area contributed by atoms with Crippen LogP contribution in [-0.2, 0) is 9.59 Å². The van der Waals surface area contributed by atoms with E-state index >= 15 is 0 Å². The number of hydrogen-bond donors (Lipinski definition) is 2. The fourth-order valence-electron chi connectivity index (χ4n) is 2.31. The molecule has 0 aliphatic carbocycles. The Morgan fingerprint density at radius 2 is 1.80 bits per heavy atom. The van der Waals surface area contributed by atoms with Crippen molar-refractivity contribution in [3.8, 4) is 0 Å². The van der Waals surface area contributed by atoms with Crippen LogP contribution in [0.4, 0.5) is 0 Å². The predicted octanol–water partition coefficient (Wildman–Crippen LogP) is 0.401. The molecule has 0 saturated heterocycles. The molecule has 114 valence electrons. The number of hydrogen-bond acceptors (Lipinski definition) is 2. The van der Waals surface area contributed by atoms with Crippen molar-refractivity contribution in [2.45, 2.75) is 40.0 Å². The first-order valence-corrected chi connectivity index (χ1v) is 5.62. The molecular weight excluding hydrogens is 329 g/mol. The number of amidine groups is 1. The van der Waals surface area contributed by atoms with E-state index in [-0.39, 0.29) is 77.7 Å². The fourth-order valence-corrected chi connectivity index (χ4v) is 2.31. The van der Waals surface area contributed by atoms with Gasteiger partial charge in [0.2, 0.25) is 5.91 Å².